The van der Waals surface area contributed by atoms with Gasteiger partial charge in [0, 0.05) is 12.3 Å². The molecular formula is C9H16F2. The molecule has 0 saturated heterocycles. The maximum absolute atomic E-state index is 12.5. The van der Waals surface area contributed by atoms with E-state index in [9.17, 15) is 8.78 Å². The molecule has 66 valence electrons. The molecule has 1 saturated carbocycles. The standard InChI is InChI=1S/C9H16F2/c1-3-4-5-7(2)8-6-9(8,10)11/h7-8H,3-6H2,1-2H3. The third-order valence-electron chi connectivity index (χ3n) is 2.57. The number of hydrogen-bond donors (Lipinski definition) is 0. The topological polar surface area (TPSA) is 0 Å². The quantitative estimate of drug-likeness (QED) is 0.593. The molecule has 2 atom stereocenters. The van der Waals surface area contributed by atoms with Gasteiger partial charge in [0.15, 0.2) is 0 Å². The van der Waals surface area contributed by atoms with Gasteiger partial charge in [0.05, 0.1) is 0 Å². The second-order valence-corrected chi connectivity index (χ2v) is 3.69. The van der Waals surface area contributed by atoms with Crippen molar-refractivity contribution in [3.8, 4) is 0 Å². The summed E-state index contributed by atoms with van der Waals surface area (Å²) in [6.07, 6.45) is 3.31. The van der Waals surface area contributed by atoms with Gasteiger partial charge < -0.3 is 0 Å². The van der Waals surface area contributed by atoms with E-state index < -0.39 is 5.92 Å². The highest BCUT2D eigenvalue weighted by atomic mass is 19.3. The van der Waals surface area contributed by atoms with E-state index in [2.05, 4.69) is 6.92 Å². The Morgan fingerprint density at radius 3 is 2.45 bits per heavy atom. The second-order valence-electron chi connectivity index (χ2n) is 3.69. The number of unbranched alkanes of at least 4 members (excludes halogenated alkanes) is 1. The summed E-state index contributed by atoms with van der Waals surface area (Å²) in [6.45, 7) is 4.04. The number of hydrogen-bond acceptors (Lipinski definition) is 0. The Bertz CT molecular complexity index is 132. The van der Waals surface area contributed by atoms with Gasteiger partial charge in [0.1, 0.15) is 0 Å². The van der Waals surface area contributed by atoms with Crippen LogP contribution in [-0.4, -0.2) is 5.92 Å². The molecule has 2 unspecified atom stereocenters. The van der Waals surface area contributed by atoms with Crippen LogP contribution in [0.2, 0.25) is 0 Å². The van der Waals surface area contributed by atoms with Gasteiger partial charge in [0.2, 0.25) is 0 Å². The molecule has 0 nitrogen and oxygen atoms in total. The molecule has 1 fully saturated rings. The molecule has 2 heteroatoms. The van der Waals surface area contributed by atoms with Gasteiger partial charge in [-0.1, -0.05) is 33.1 Å². The van der Waals surface area contributed by atoms with Crippen molar-refractivity contribution in [2.24, 2.45) is 11.8 Å². The molecule has 1 aliphatic carbocycles. The highest BCUT2D eigenvalue weighted by Crippen LogP contribution is 2.53. The summed E-state index contributed by atoms with van der Waals surface area (Å²) in [7, 11) is 0. The molecule has 0 aliphatic heterocycles. The van der Waals surface area contributed by atoms with Crippen molar-refractivity contribution in [2.75, 3.05) is 0 Å². The third-order valence-corrected chi connectivity index (χ3v) is 2.57. The lowest BCUT2D eigenvalue weighted by Crippen LogP contribution is -2.04. The van der Waals surface area contributed by atoms with E-state index in [1.807, 2.05) is 6.92 Å². The van der Waals surface area contributed by atoms with Gasteiger partial charge in [-0.15, -0.1) is 0 Å². The van der Waals surface area contributed by atoms with E-state index in [4.69, 9.17) is 0 Å². The zero-order chi connectivity index (χ0) is 8.48. The fourth-order valence-corrected chi connectivity index (χ4v) is 1.58. The number of rotatable bonds is 4. The van der Waals surface area contributed by atoms with Crippen molar-refractivity contribution >= 4 is 0 Å². The molecular weight excluding hydrogens is 146 g/mol. The summed E-state index contributed by atoms with van der Waals surface area (Å²) in [6, 6.07) is 0. The summed E-state index contributed by atoms with van der Waals surface area (Å²) in [5.41, 5.74) is 0. The predicted octanol–water partition coefficient (Wildman–Crippen LogP) is 3.47. The molecule has 0 heterocycles. The minimum absolute atomic E-state index is 0.137. The first-order chi connectivity index (χ1) is 5.08. The molecule has 0 spiro atoms. The van der Waals surface area contributed by atoms with Crippen LogP contribution in [0.25, 0.3) is 0 Å². The van der Waals surface area contributed by atoms with Crippen molar-refractivity contribution < 1.29 is 8.78 Å². The van der Waals surface area contributed by atoms with Crippen LogP contribution in [0.1, 0.15) is 39.5 Å². The molecule has 1 rings (SSSR count). The summed E-state index contributed by atoms with van der Waals surface area (Å²) in [5.74, 6) is -2.38. The van der Waals surface area contributed by atoms with Crippen molar-refractivity contribution in [2.45, 2.75) is 45.5 Å². The normalized spacial score (nSPS) is 30.0. The van der Waals surface area contributed by atoms with Crippen molar-refractivity contribution in [3.05, 3.63) is 0 Å². The highest BCUT2D eigenvalue weighted by Gasteiger charge is 2.58. The Morgan fingerprint density at radius 1 is 1.55 bits per heavy atom. The van der Waals surface area contributed by atoms with Crippen LogP contribution in [-0.2, 0) is 0 Å². The largest absolute Gasteiger partial charge is 0.251 e. The average molecular weight is 162 g/mol. The highest BCUT2D eigenvalue weighted by molar-refractivity contribution is 4.97. The first kappa shape index (κ1) is 8.95. The van der Waals surface area contributed by atoms with Crippen LogP contribution in [0.4, 0.5) is 8.78 Å². The fraction of sp³-hybridized carbons (Fsp3) is 1.00. The van der Waals surface area contributed by atoms with Crippen LogP contribution >= 0.6 is 0 Å². The van der Waals surface area contributed by atoms with Crippen LogP contribution < -0.4 is 0 Å². The Morgan fingerprint density at radius 2 is 2.09 bits per heavy atom. The maximum Gasteiger partial charge on any atom is 0.251 e. The van der Waals surface area contributed by atoms with Crippen molar-refractivity contribution in [3.63, 3.8) is 0 Å². The zero-order valence-electron chi connectivity index (χ0n) is 7.24. The minimum atomic E-state index is -2.31. The molecule has 0 amide bonds. The van der Waals surface area contributed by atoms with E-state index in [-0.39, 0.29) is 18.3 Å². The molecule has 0 aromatic rings. The summed E-state index contributed by atoms with van der Waals surface area (Å²) < 4.78 is 24.9. The van der Waals surface area contributed by atoms with Gasteiger partial charge >= 0.3 is 0 Å². The lowest BCUT2D eigenvalue weighted by Gasteiger charge is -2.08. The lowest BCUT2D eigenvalue weighted by atomic mass is 9.99. The molecule has 1 aliphatic rings. The third kappa shape index (κ3) is 2.14. The summed E-state index contributed by atoms with van der Waals surface area (Å²) >= 11 is 0. The molecule has 0 aromatic heterocycles. The smallest absolute Gasteiger partial charge is 0.207 e. The lowest BCUT2D eigenvalue weighted by molar-refractivity contribution is 0.0853. The van der Waals surface area contributed by atoms with Crippen molar-refractivity contribution in [1.82, 2.24) is 0 Å². The second kappa shape index (κ2) is 3.08. The van der Waals surface area contributed by atoms with Crippen LogP contribution in [0.5, 0.6) is 0 Å². The van der Waals surface area contributed by atoms with E-state index >= 15 is 0 Å². The minimum Gasteiger partial charge on any atom is -0.207 e. The van der Waals surface area contributed by atoms with Crippen LogP contribution in [0.15, 0.2) is 0 Å². The fourth-order valence-electron chi connectivity index (χ4n) is 1.58. The molecule has 0 aromatic carbocycles. The summed E-state index contributed by atoms with van der Waals surface area (Å²) in [4.78, 5) is 0. The predicted molar refractivity (Wildman–Crippen MR) is 41.7 cm³/mol. The molecule has 0 bridgehead atoms. The number of alkyl halides is 2. The Kier molecular flexibility index (Phi) is 2.50. The van der Waals surface area contributed by atoms with E-state index in [0.717, 1.165) is 19.3 Å². The van der Waals surface area contributed by atoms with Crippen molar-refractivity contribution in [1.29, 1.82) is 0 Å². The molecule has 0 N–H and O–H groups in total. The summed E-state index contributed by atoms with van der Waals surface area (Å²) in [5, 5.41) is 0. The van der Waals surface area contributed by atoms with Gasteiger partial charge in [0.25, 0.3) is 5.92 Å². The Labute approximate surface area is 67.0 Å². The van der Waals surface area contributed by atoms with Gasteiger partial charge in [-0.25, -0.2) is 8.78 Å². The Balaban J connectivity index is 2.17. The van der Waals surface area contributed by atoms with Crippen LogP contribution in [0, 0.1) is 11.8 Å². The Hall–Kier alpha value is -0.140. The SMILES string of the molecule is CCCCC(C)C1CC1(F)F. The zero-order valence-corrected chi connectivity index (χ0v) is 7.24. The first-order valence-corrected chi connectivity index (χ1v) is 4.45. The van der Waals surface area contributed by atoms with Gasteiger partial charge in [-0.05, 0) is 5.92 Å². The maximum atomic E-state index is 12.5. The van der Waals surface area contributed by atoms with E-state index in [0.29, 0.717) is 0 Å². The van der Waals surface area contributed by atoms with Gasteiger partial charge in [-0.2, -0.15) is 0 Å². The van der Waals surface area contributed by atoms with Crippen LogP contribution in [0.3, 0.4) is 0 Å². The van der Waals surface area contributed by atoms with Gasteiger partial charge in [-0.3, -0.25) is 0 Å². The van der Waals surface area contributed by atoms with E-state index in [1.54, 1.807) is 0 Å². The molecule has 0 radical (unpaired) electrons. The number of halogens is 2. The van der Waals surface area contributed by atoms with E-state index in [1.165, 1.54) is 0 Å². The molecule has 11 heavy (non-hydrogen) atoms. The first-order valence-electron chi connectivity index (χ1n) is 4.45. The average Bonchev–Trinajstić information content (AvgIpc) is 2.55. The monoisotopic (exact) mass is 162 g/mol.